The standard InChI is InChI=1S/C7H15O2S/c1-2-8-4-3-5-9-6-7-10/h2-7H2,1H3. The highest BCUT2D eigenvalue weighted by atomic mass is 32.1. The fourth-order valence-corrected chi connectivity index (χ4v) is 0.686. The summed E-state index contributed by atoms with van der Waals surface area (Å²) in [5.41, 5.74) is 0. The Hall–Kier alpha value is 0.270. The van der Waals surface area contributed by atoms with Crippen LogP contribution >= 0.6 is 12.6 Å². The summed E-state index contributed by atoms with van der Waals surface area (Å²) in [6, 6.07) is 0. The van der Waals surface area contributed by atoms with Gasteiger partial charge in [-0.3, -0.25) is 0 Å². The van der Waals surface area contributed by atoms with E-state index in [0.29, 0.717) is 12.4 Å². The van der Waals surface area contributed by atoms with Crippen LogP contribution in [0.2, 0.25) is 0 Å². The number of hydrogen-bond acceptors (Lipinski definition) is 2. The lowest BCUT2D eigenvalue weighted by Crippen LogP contribution is -2.02. The molecule has 2 nitrogen and oxygen atoms in total. The highest BCUT2D eigenvalue weighted by molar-refractivity contribution is 7.80. The molecule has 1 radical (unpaired) electrons. The van der Waals surface area contributed by atoms with Gasteiger partial charge in [0.1, 0.15) is 0 Å². The molecule has 0 aliphatic rings. The van der Waals surface area contributed by atoms with E-state index < -0.39 is 0 Å². The molecule has 0 spiro atoms. The molecule has 0 bridgehead atoms. The smallest absolute Gasteiger partial charge is 0.0565 e. The van der Waals surface area contributed by atoms with Crippen LogP contribution in [0.4, 0.5) is 0 Å². The highest BCUT2D eigenvalue weighted by Crippen LogP contribution is 1.85. The molecule has 0 amide bonds. The second-order valence-corrected chi connectivity index (χ2v) is 2.28. The zero-order valence-corrected chi connectivity index (χ0v) is 7.28. The van der Waals surface area contributed by atoms with Crippen LogP contribution in [-0.4, -0.2) is 32.2 Å². The first-order valence-corrected chi connectivity index (χ1v) is 4.23. The molecule has 0 aromatic carbocycles. The molecule has 10 heavy (non-hydrogen) atoms. The van der Waals surface area contributed by atoms with Crippen molar-refractivity contribution in [3.05, 3.63) is 0 Å². The molecule has 0 N–H and O–H groups in total. The molecular formula is C7H15O2S. The van der Waals surface area contributed by atoms with E-state index >= 15 is 0 Å². The van der Waals surface area contributed by atoms with Crippen LogP contribution < -0.4 is 0 Å². The van der Waals surface area contributed by atoms with Gasteiger partial charge in [0.05, 0.1) is 6.61 Å². The van der Waals surface area contributed by atoms with Gasteiger partial charge < -0.3 is 9.47 Å². The Bertz CT molecular complexity index is 51.6. The van der Waals surface area contributed by atoms with Gasteiger partial charge in [-0.2, -0.15) is 0 Å². The van der Waals surface area contributed by atoms with Gasteiger partial charge in [-0.15, -0.1) is 0 Å². The van der Waals surface area contributed by atoms with Crippen molar-refractivity contribution < 1.29 is 9.47 Å². The van der Waals surface area contributed by atoms with E-state index in [1.165, 1.54) is 0 Å². The minimum Gasteiger partial charge on any atom is -0.382 e. The largest absolute Gasteiger partial charge is 0.382 e. The third kappa shape index (κ3) is 8.27. The van der Waals surface area contributed by atoms with Crippen molar-refractivity contribution in [3.63, 3.8) is 0 Å². The molecule has 0 unspecified atom stereocenters. The second kappa shape index (κ2) is 9.27. The van der Waals surface area contributed by atoms with Gasteiger partial charge in [0.25, 0.3) is 0 Å². The first-order chi connectivity index (χ1) is 4.91. The lowest BCUT2D eigenvalue weighted by Gasteiger charge is -2.01. The second-order valence-electron chi connectivity index (χ2n) is 1.87. The van der Waals surface area contributed by atoms with E-state index in [-0.39, 0.29) is 0 Å². The summed E-state index contributed by atoms with van der Waals surface area (Å²) in [7, 11) is 0. The molecule has 0 aromatic rings. The molecule has 0 saturated heterocycles. The minimum atomic E-state index is 0.689. The Morgan fingerprint density at radius 1 is 1.10 bits per heavy atom. The van der Waals surface area contributed by atoms with Crippen LogP contribution in [0.3, 0.4) is 0 Å². The normalized spacial score (nSPS) is 10.2. The first-order valence-electron chi connectivity index (χ1n) is 3.65. The molecule has 0 aliphatic heterocycles. The Labute approximate surface area is 68.3 Å². The van der Waals surface area contributed by atoms with Gasteiger partial charge in [-0.1, -0.05) is 12.6 Å². The third-order valence-electron chi connectivity index (χ3n) is 1.01. The van der Waals surface area contributed by atoms with E-state index in [1.807, 2.05) is 6.92 Å². The summed E-state index contributed by atoms with van der Waals surface area (Å²) in [5, 5.41) is 0. The average molecular weight is 163 g/mol. The van der Waals surface area contributed by atoms with E-state index in [9.17, 15) is 0 Å². The molecule has 3 heteroatoms. The van der Waals surface area contributed by atoms with E-state index in [2.05, 4.69) is 0 Å². The van der Waals surface area contributed by atoms with Crippen molar-refractivity contribution >= 4 is 12.6 Å². The van der Waals surface area contributed by atoms with Gasteiger partial charge in [0, 0.05) is 25.6 Å². The van der Waals surface area contributed by atoms with Gasteiger partial charge in [0.2, 0.25) is 0 Å². The van der Waals surface area contributed by atoms with Gasteiger partial charge >= 0.3 is 0 Å². The van der Waals surface area contributed by atoms with Crippen LogP contribution in [-0.2, 0) is 9.47 Å². The van der Waals surface area contributed by atoms with Crippen LogP contribution in [0.1, 0.15) is 13.3 Å². The minimum absolute atomic E-state index is 0.689. The van der Waals surface area contributed by atoms with E-state index in [4.69, 9.17) is 22.1 Å². The molecule has 0 atom stereocenters. The molecule has 0 saturated carbocycles. The maximum absolute atomic E-state index is 5.15. The molecule has 0 rings (SSSR count). The van der Waals surface area contributed by atoms with Crippen molar-refractivity contribution in [2.24, 2.45) is 0 Å². The third-order valence-corrected chi connectivity index (χ3v) is 1.18. The zero-order valence-electron chi connectivity index (χ0n) is 6.47. The lowest BCUT2D eigenvalue weighted by atomic mass is 10.5. The summed E-state index contributed by atoms with van der Waals surface area (Å²) < 4.78 is 10.3. The fraction of sp³-hybridized carbons (Fsp3) is 1.00. The van der Waals surface area contributed by atoms with Crippen molar-refractivity contribution in [2.75, 3.05) is 32.2 Å². The molecule has 0 fully saturated rings. The van der Waals surface area contributed by atoms with Crippen LogP contribution in [0.25, 0.3) is 0 Å². The number of rotatable bonds is 7. The quantitative estimate of drug-likeness (QED) is 0.531. The maximum Gasteiger partial charge on any atom is 0.0565 e. The van der Waals surface area contributed by atoms with Gasteiger partial charge in [-0.05, 0) is 13.3 Å². The van der Waals surface area contributed by atoms with Gasteiger partial charge in [0.15, 0.2) is 0 Å². The summed E-state index contributed by atoms with van der Waals surface area (Å²) in [6.07, 6.45) is 0.975. The lowest BCUT2D eigenvalue weighted by molar-refractivity contribution is 0.0951. The Morgan fingerprint density at radius 2 is 1.80 bits per heavy atom. The summed E-state index contributed by atoms with van der Waals surface area (Å²) >= 11 is 4.70. The SMILES string of the molecule is CCOCCCOCC[S]. The predicted octanol–water partition coefficient (Wildman–Crippen LogP) is 1.63. The summed E-state index contributed by atoms with van der Waals surface area (Å²) in [4.78, 5) is 0. The molecular weight excluding hydrogens is 148 g/mol. The van der Waals surface area contributed by atoms with Gasteiger partial charge in [-0.25, -0.2) is 0 Å². The number of ether oxygens (including phenoxy) is 2. The van der Waals surface area contributed by atoms with Crippen molar-refractivity contribution in [2.45, 2.75) is 13.3 Å². The Balaban J connectivity index is 2.65. The molecule has 61 valence electrons. The summed E-state index contributed by atoms with van der Waals surface area (Å²) in [6.45, 7) is 5.05. The van der Waals surface area contributed by atoms with Crippen LogP contribution in [0, 0.1) is 0 Å². The molecule has 0 aromatic heterocycles. The van der Waals surface area contributed by atoms with Crippen molar-refractivity contribution in [3.8, 4) is 0 Å². The maximum atomic E-state index is 5.15. The monoisotopic (exact) mass is 163 g/mol. The van der Waals surface area contributed by atoms with Crippen molar-refractivity contribution in [1.82, 2.24) is 0 Å². The Kier molecular flexibility index (Phi) is 9.52. The van der Waals surface area contributed by atoms with E-state index in [0.717, 1.165) is 26.2 Å². The zero-order chi connectivity index (χ0) is 7.66. The fourth-order valence-electron chi connectivity index (χ4n) is 0.568. The van der Waals surface area contributed by atoms with Crippen LogP contribution in [0.5, 0.6) is 0 Å². The first kappa shape index (κ1) is 10.3. The summed E-state index contributed by atoms with van der Waals surface area (Å²) in [5.74, 6) is 0.689. The highest BCUT2D eigenvalue weighted by Gasteiger charge is 1.86. The Morgan fingerprint density at radius 3 is 2.40 bits per heavy atom. The topological polar surface area (TPSA) is 18.5 Å². The molecule has 0 heterocycles. The predicted molar refractivity (Wildman–Crippen MR) is 44.4 cm³/mol. The van der Waals surface area contributed by atoms with Crippen LogP contribution in [0.15, 0.2) is 0 Å². The van der Waals surface area contributed by atoms with E-state index in [1.54, 1.807) is 0 Å². The molecule has 0 aliphatic carbocycles. The van der Waals surface area contributed by atoms with Crippen molar-refractivity contribution in [1.29, 1.82) is 0 Å². The number of hydrogen-bond donors (Lipinski definition) is 0. The average Bonchev–Trinajstić information content (AvgIpc) is 1.97.